The van der Waals surface area contributed by atoms with Crippen molar-refractivity contribution in [2.24, 2.45) is 5.92 Å². The third-order valence-electron chi connectivity index (χ3n) is 2.70. The Balaban J connectivity index is 2.99. The zero-order valence-electron chi connectivity index (χ0n) is 9.36. The van der Waals surface area contributed by atoms with Crippen LogP contribution in [-0.4, -0.2) is 20.1 Å². The quantitative estimate of drug-likeness (QED) is 0.796. The summed E-state index contributed by atoms with van der Waals surface area (Å²) in [7, 11) is 0. The predicted molar refractivity (Wildman–Crippen MR) is 54.7 cm³/mol. The van der Waals surface area contributed by atoms with Crippen LogP contribution < -0.4 is 0 Å². The van der Waals surface area contributed by atoms with E-state index >= 15 is 0 Å². The lowest BCUT2D eigenvalue weighted by Crippen LogP contribution is -2.31. The molecule has 1 unspecified atom stereocenters. The molecule has 0 spiro atoms. The lowest BCUT2D eigenvalue weighted by atomic mass is 9.89. The molecule has 14 heavy (non-hydrogen) atoms. The van der Waals surface area contributed by atoms with Crippen molar-refractivity contribution in [3.63, 3.8) is 0 Å². The first-order valence-corrected chi connectivity index (χ1v) is 5.11. The molecule has 1 aromatic rings. The van der Waals surface area contributed by atoms with Crippen molar-refractivity contribution in [3.8, 4) is 0 Å². The Morgan fingerprint density at radius 1 is 1.57 bits per heavy atom. The summed E-state index contributed by atoms with van der Waals surface area (Å²) in [6.45, 7) is 8.67. The number of aromatic nitrogens is 3. The smallest absolute Gasteiger partial charge is 0.107 e. The number of aryl methyl sites for hydroxylation is 1. The molecule has 1 aromatic heterocycles. The van der Waals surface area contributed by atoms with Gasteiger partial charge in [0.25, 0.3) is 0 Å². The van der Waals surface area contributed by atoms with Crippen LogP contribution >= 0.6 is 0 Å². The molecule has 1 N–H and O–H groups in total. The third kappa shape index (κ3) is 1.95. The number of nitrogens with zero attached hydrogens (tertiary/aromatic N) is 3. The maximum Gasteiger partial charge on any atom is 0.107 e. The van der Waals surface area contributed by atoms with Gasteiger partial charge >= 0.3 is 0 Å². The van der Waals surface area contributed by atoms with Gasteiger partial charge in [0.05, 0.1) is 11.9 Å². The first-order valence-electron chi connectivity index (χ1n) is 5.11. The molecule has 0 aliphatic carbocycles. The fraction of sp³-hybridized carbons (Fsp3) is 0.800. The van der Waals surface area contributed by atoms with Crippen molar-refractivity contribution in [2.75, 3.05) is 0 Å². The Bertz CT molecular complexity index is 291. The molecule has 0 aliphatic rings. The number of rotatable bonds is 4. The van der Waals surface area contributed by atoms with E-state index in [1.54, 1.807) is 10.9 Å². The SMILES string of the molecule is CCCn1nncc1C(C)(O)C(C)C. The van der Waals surface area contributed by atoms with Crippen LogP contribution in [0.4, 0.5) is 0 Å². The molecule has 80 valence electrons. The minimum atomic E-state index is -0.849. The minimum Gasteiger partial charge on any atom is -0.384 e. The van der Waals surface area contributed by atoms with Gasteiger partial charge in [0.2, 0.25) is 0 Å². The average Bonchev–Trinajstić information content (AvgIpc) is 2.53. The van der Waals surface area contributed by atoms with Crippen LogP contribution in [0.5, 0.6) is 0 Å². The van der Waals surface area contributed by atoms with E-state index in [2.05, 4.69) is 17.2 Å². The lowest BCUT2D eigenvalue weighted by molar-refractivity contribution is 0.000416. The topological polar surface area (TPSA) is 50.9 Å². The molecular formula is C10H19N3O. The first-order chi connectivity index (χ1) is 6.50. The summed E-state index contributed by atoms with van der Waals surface area (Å²) in [5.41, 5.74) is -0.0482. The van der Waals surface area contributed by atoms with Gasteiger partial charge in [0, 0.05) is 6.54 Å². The standard InChI is InChI=1S/C10H19N3O/c1-5-6-13-9(7-11-12-13)10(4,14)8(2)3/h7-8,14H,5-6H2,1-4H3. The first kappa shape index (κ1) is 11.2. The highest BCUT2D eigenvalue weighted by molar-refractivity contribution is 5.07. The second kappa shape index (κ2) is 4.09. The monoisotopic (exact) mass is 197 g/mol. The number of aliphatic hydroxyl groups is 1. The van der Waals surface area contributed by atoms with E-state index in [1.165, 1.54) is 0 Å². The largest absolute Gasteiger partial charge is 0.384 e. The zero-order chi connectivity index (χ0) is 10.8. The fourth-order valence-corrected chi connectivity index (χ4v) is 1.32. The Kier molecular flexibility index (Phi) is 3.26. The van der Waals surface area contributed by atoms with Crippen LogP contribution in [0.25, 0.3) is 0 Å². The van der Waals surface area contributed by atoms with Gasteiger partial charge in [0.15, 0.2) is 0 Å². The zero-order valence-corrected chi connectivity index (χ0v) is 9.36. The average molecular weight is 197 g/mol. The molecular weight excluding hydrogens is 178 g/mol. The van der Waals surface area contributed by atoms with Crippen molar-refractivity contribution < 1.29 is 5.11 Å². The van der Waals surface area contributed by atoms with E-state index in [0.29, 0.717) is 0 Å². The maximum atomic E-state index is 10.3. The van der Waals surface area contributed by atoms with Gasteiger partial charge < -0.3 is 5.11 Å². The summed E-state index contributed by atoms with van der Waals surface area (Å²) >= 11 is 0. The summed E-state index contributed by atoms with van der Waals surface area (Å²) in [6.07, 6.45) is 2.64. The van der Waals surface area contributed by atoms with Gasteiger partial charge in [-0.2, -0.15) is 0 Å². The maximum absolute atomic E-state index is 10.3. The number of hydrogen-bond acceptors (Lipinski definition) is 3. The van der Waals surface area contributed by atoms with E-state index in [-0.39, 0.29) is 5.92 Å². The third-order valence-corrected chi connectivity index (χ3v) is 2.70. The molecule has 1 rings (SSSR count). The summed E-state index contributed by atoms with van der Waals surface area (Å²) in [5.74, 6) is 0.150. The van der Waals surface area contributed by atoms with Gasteiger partial charge in [-0.25, -0.2) is 4.68 Å². The van der Waals surface area contributed by atoms with Crippen LogP contribution in [-0.2, 0) is 12.1 Å². The summed E-state index contributed by atoms with van der Waals surface area (Å²) in [5, 5.41) is 18.1. The molecule has 0 saturated carbocycles. The van der Waals surface area contributed by atoms with Gasteiger partial charge in [-0.15, -0.1) is 5.10 Å². The van der Waals surface area contributed by atoms with Crippen LogP contribution in [0.1, 0.15) is 39.8 Å². The molecule has 0 aliphatic heterocycles. The predicted octanol–water partition coefficient (Wildman–Crippen LogP) is 1.55. The second-order valence-electron chi connectivity index (χ2n) is 4.14. The van der Waals surface area contributed by atoms with Gasteiger partial charge in [-0.3, -0.25) is 0 Å². The fourth-order valence-electron chi connectivity index (χ4n) is 1.32. The van der Waals surface area contributed by atoms with Crippen molar-refractivity contribution in [3.05, 3.63) is 11.9 Å². The highest BCUT2D eigenvalue weighted by Gasteiger charge is 2.31. The van der Waals surface area contributed by atoms with Crippen molar-refractivity contribution in [1.29, 1.82) is 0 Å². The van der Waals surface area contributed by atoms with Crippen LogP contribution in [0.15, 0.2) is 6.20 Å². The van der Waals surface area contributed by atoms with E-state index in [0.717, 1.165) is 18.7 Å². The molecule has 0 bridgehead atoms. The molecule has 0 amide bonds. The molecule has 4 heteroatoms. The highest BCUT2D eigenvalue weighted by Crippen LogP contribution is 2.27. The van der Waals surface area contributed by atoms with Crippen LogP contribution in [0.3, 0.4) is 0 Å². The molecule has 1 heterocycles. The van der Waals surface area contributed by atoms with Gasteiger partial charge in [-0.05, 0) is 19.3 Å². The van der Waals surface area contributed by atoms with E-state index in [1.807, 2.05) is 20.8 Å². The Hall–Kier alpha value is -0.900. The Morgan fingerprint density at radius 2 is 2.21 bits per heavy atom. The van der Waals surface area contributed by atoms with Crippen LogP contribution in [0.2, 0.25) is 0 Å². The van der Waals surface area contributed by atoms with Gasteiger partial charge in [0.1, 0.15) is 5.60 Å². The Labute approximate surface area is 84.9 Å². The van der Waals surface area contributed by atoms with Gasteiger partial charge in [-0.1, -0.05) is 26.0 Å². The van der Waals surface area contributed by atoms with Crippen molar-refractivity contribution in [2.45, 2.75) is 46.3 Å². The molecule has 0 radical (unpaired) electrons. The summed E-state index contributed by atoms with van der Waals surface area (Å²) < 4.78 is 1.78. The van der Waals surface area contributed by atoms with Crippen LogP contribution in [0, 0.1) is 5.92 Å². The Morgan fingerprint density at radius 3 is 2.71 bits per heavy atom. The second-order valence-corrected chi connectivity index (χ2v) is 4.14. The molecule has 0 aromatic carbocycles. The highest BCUT2D eigenvalue weighted by atomic mass is 16.3. The van der Waals surface area contributed by atoms with Crippen molar-refractivity contribution in [1.82, 2.24) is 15.0 Å². The molecule has 4 nitrogen and oxygen atoms in total. The van der Waals surface area contributed by atoms with E-state index < -0.39 is 5.60 Å². The van der Waals surface area contributed by atoms with E-state index in [9.17, 15) is 5.11 Å². The number of hydrogen-bond donors (Lipinski definition) is 1. The van der Waals surface area contributed by atoms with E-state index in [4.69, 9.17) is 0 Å². The van der Waals surface area contributed by atoms with Crippen molar-refractivity contribution >= 4 is 0 Å². The summed E-state index contributed by atoms with van der Waals surface area (Å²) in [6, 6.07) is 0. The lowest BCUT2D eigenvalue weighted by Gasteiger charge is -2.27. The molecule has 0 saturated heterocycles. The minimum absolute atomic E-state index is 0.150. The normalized spacial score (nSPS) is 15.9. The molecule has 0 fully saturated rings. The molecule has 1 atom stereocenters. The summed E-state index contributed by atoms with van der Waals surface area (Å²) in [4.78, 5) is 0.